The van der Waals surface area contributed by atoms with Gasteiger partial charge in [-0.3, -0.25) is 4.79 Å². The molecule has 4 nitrogen and oxygen atoms in total. The Morgan fingerprint density at radius 3 is 2.67 bits per heavy atom. The molecule has 0 bridgehead atoms. The van der Waals surface area contributed by atoms with Gasteiger partial charge in [0, 0.05) is 5.69 Å². The maximum absolute atomic E-state index is 13.0. The zero-order valence-electron chi connectivity index (χ0n) is 11.9. The number of rotatable bonds is 5. The minimum absolute atomic E-state index is 0.0878. The molecule has 0 aromatic heterocycles. The predicted octanol–water partition coefficient (Wildman–Crippen LogP) is 3.19. The maximum atomic E-state index is 13.0. The van der Waals surface area contributed by atoms with Gasteiger partial charge in [0.25, 0.3) is 0 Å². The molecule has 0 aliphatic heterocycles. The molecule has 21 heavy (non-hydrogen) atoms. The standard InChI is InChI=1S/C16H17FN2O2/c1-11-9-12(17)7-8-13(11)18-10-16(20)19-14-5-3-4-6-15(14)21-2/h3-9,18H,10H2,1-2H3,(H,19,20). The molecule has 0 aliphatic rings. The van der Waals surface area contributed by atoms with Crippen LogP contribution in [0.2, 0.25) is 0 Å². The van der Waals surface area contributed by atoms with Crippen molar-refractivity contribution in [2.45, 2.75) is 6.92 Å². The Balaban J connectivity index is 1.96. The summed E-state index contributed by atoms with van der Waals surface area (Å²) in [5, 5.41) is 5.74. The number of anilines is 2. The molecular weight excluding hydrogens is 271 g/mol. The summed E-state index contributed by atoms with van der Waals surface area (Å²) in [6.07, 6.45) is 0. The van der Waals surface area contributed by atoms with Crippen molar-refractivity contribution in [3.63, 3.8) is 0 Å². The average Bonchev–Trinajstić information content (AvgIpc) is 2.47. The highest BCUT2D eigenvalue weighted by Crippen LogP contribution is 2.23. The second-order valence-electron chi connectivity index (χ2n) is 4.56. The SMILES string of the molecule is COc1ccccc1NC(=O)CNc1ccc(F)cc1C. The molecule has 0 unspecified atom stereocenters. The first-order valence-corrected chi connectivity index (χ1v) is 6.53. The van der Waals surface area contributed by atoms with Crippen LogP contribution in [0.5, 0.6) is 5.75 Å². The summed E-state index contributed by atoms with van der Waals surface area (Å²) in [7, 11) is 1.55. The highest BCUT2D eigenvalue weighted by atomic mass is 19.1. The van der Waals surface area contributed by atoms with Crippen LogP contribution >= 0.6 is 0 Å². The lowest BCUT2D eigenvalue weighted by Crippen LogP contribution is -2.22. The first kappa shape index (κ1) is 14.8. The summed E-state index contributed by atoms with van der Waals surface area (Å²) in [6, 6.07) is 11.6. The van der Waals surface area contributed by atoms with Crippen molar-refractivity contribution in [2.24, 2.45) is 0 Å². The van der Waals surface area contributed by atoms with Crippen LogP contribution in [0.15, 0.2) is 42.5 Å². The quantitative estimate of drug-likeness (QED) is 0.888. The third kappa shape index (κ3) is 3.95. The number of methoxy groups -OCH3 is 1. The van der Waals surface area contributed by atoms with E-state index in [0.29, 0.717) is 11.4 Å². The van der Waals surface area contributed by atoms with Gasteiger partial charge in [-0.15, -0.1) is 0 Å². The van der Waals surface area contributed by atoms with E-state index in [4.69, 9.17) is 4.74 Å². The van der Waals surface area contributed by atoms with Crippen LogP contribution in [0.25, 0.3) is 0 Å². The molecule has 1 amide bonds. The van der Waals surface area contributed by atoms with E-state index in [1.54, 1.807) is 32.2 Å². The summed E-state index contributed by atoms with van der Waals surface area (Å²) >= 11 is 0. The molecule has 0 saturated heterocycles. The Bertz CT molecular complexity index is 644. The lowest BCUT2D eigenvalue weighted by atomic mass is 10.2. The molecule has 0 heterocycles. The number of benzene rings is 2. The van der Waals surface area contributed by atoms with Gasteiger partial charge in [-0.2, -0.15) is 0 Å². The Morgan fingerprint density at radius 2 is 1.95 bits per heavy atom. The Kier molecular flexibility index (Phi) is 4.77. The van der Waals surface area contributed by atoms with Gasteiger partial charge in [-0.05, 0) is 42.8 Å². The molecule has 110 valence electrons. The topological polar surface area (TPSA) is 50.4 Å². The fourth-order valence-electron chi connectivity index (χ4n) is 1.94. The molecule has 2 aromatic rings. The highest BCUT2D eigenvalue weighted by molar-refractivity contribution is 5.95. The van der Waals surface area contributed by atoms with Crippen LogP contribution < -0.4 is 15.4 Å². The van der Waals surface area contributed by atoms with E-state index in [-0.39, 0.29) is 18.3 Å². The molecule has 0 aliphatic carbocycles. The summed E-state index contributed by atoms with van der Waals surface area (Å²) < 4.78 is 18.2. The molecule has 0 radical (unpaired) electrons. The number of para-hydroxylation sites is 2. The summed E-state index contributed by atoms with van der Waals surface area (Å²) in [4.78, 5) is 11.9. The van der Waals surface area contributed by atoms with E-state index in [1.165, 1.54) is 12.1 Å². The molecule has 2 aromatic carbocycles. The van der Waals surface area contributed by atoms with Crippen LogP contribution in [0.4, 0.5) is 15.8 Å². The van der Waals surface area contributed by atoms with Gasteiger partial charge in [0.15, 0.2) is 0 Å². The zero-order valence-corrected chi connectivity index (χ0v) is 11.9. The lowest BCUT2D eigenvalue weighted by Gasteiger charge is -2.12. The number of halogens is 1. The number of carbonyl (C=O) groups is 1. The summed E-state index contributed by atoms with van der Waals surface area (Å²) in [5.41, 5.74) is 2.09. The smallest absolute Gasteiger partial charge is 0.243 e. The van der Waals surface area contributed by atoms with Crippen LogP contribution in [-0.4, -0.2) is 19.6 Å². The summed E-state index contributed by atoms with van der Waals surface area (Å²) in [5.74, 6) is 0.101. The van der Waals surface area contributed by atoms with Crippen molar-refractivity contribution < 1.29 is 13.9 Å². The number of carbonyl (C=O) groups excluding carboxylic acids is 1. The largest absolute Gasteiger partial charge is 0.495 e. The predicted molar refractivity (Wildman–Crippen MR) is 81.3 cm³/mol. The van der Waals surface area contributed by atoms with Gasteiger partial charge in [-0.1, -0.05) is 12.1 Å². The van der Waals surface area contributed by atoms with Crippen molar-refractivity contribution in [2.75, 3.05) is 24.3 Å². The molecule has 5 heteroatoms. The lowest BCUT2D eigenvalue weighted by molar-refractivity contribution is -0.114. The molecule has 2 N–H and O–H groups in total. The normalized spacial score (nSPS) is 10.0. The van der Waals surface area contributed by atoms with Crippen molar-refractivity contribution >= 4 is 17.3 Å². The van der Waals surface area contributed by atoms with E-state index in [1.807, 2.05) is 12.1 Å². The zero-order chi connectivity index (χ0) is 15.2. The molecule has 0 fully saturated rings. The Labute approximate surface area is 122 Å². The van der Waals surface area contributed by atoms with Gasteiger partial charge in [0.05, 0.1) is 19.3 Å². The number of amides is 1. The third-order valence-electron chi connectivity index (χ3n) is 3.01. The van der Waals surface area contributed by atoms with E-state index in [2.05, 4.69) is 10.6 Å². The van der Waals surface area contributed by atoms with Gasteiger partial charge < -0.3 is 15.4 Å². The second-order valence-corrected chi connectivity index (χ2v) is 4.56. The van der Waals surface area contributed by atoms with Crippen LogP contribution in [0.1, 0.15) is 5.56 Å². The van der Waals surface area contributed by atoms with E-state index in [9.17, 15) is 9.18 Å². The minimum atomic E-state index is -0.295. The second kappa shape index (κ2) is 6.74. The fraction of sp³-hybridized carbons (Fsp3) is 0.188. The number of ether oxygens (including phenoxy) is 1. The molecular formula is C16H17FN2O2. The average molecular weight is 288 g/mol. The maximum Gasteiger partial charge on any atom is 0.243 e. The van der Waals surface area contributed by atoms with Crippen molar-refractivity contribution in [1.29, 1.82) is 0 Å². The molecule has 0 spiro atoms. The third-order valence-corrected chi connectivity index (χ3v) is 3.01. The van der Waals surface area contributed by atoms with Gasteiger partial charge >= 0.3 is 0 Å². The van der Waals surface area contributed by atoms with Crippen molar-refractivity contribution in [3.8, 4) is 5.75 Å². The fourth-order valence-corrected chi connectivity index (χ4v) is 1.94. The van der Waals surface area contributed by atoms with Gasteiger partial charge in [0.2, 0.25) is 5.91 Å². The van der Waals surface area contributed by atoms with E-state index >= 15 is 0 Å². The number of hydrogen-bond acceptors (Lipinski definition) is 3. The Morgan fingerprint density at radius 1 is 1.19 bits per heavy atom. The first-order valence-electron chi connectivity index (χ1n) is 6.53. The van der Waals surface area contributed by atoms with Crippen LogP contribution in [-0.2, 0) is 4.79 Å². The van der Waals surface area contributed by atoms with E-state index < -0.39 is 0 Å². The van der Waals surface area contributed by atoms with E-state index in [0.717, 1.165) is 11.3 Å². The molecule has 2 rings (SSSR count). The highest BCUT2D eigenvalue weighted by Gasteiger charge is 2.07. The van der Waals surface area contributed by atoms with Gasteiger partial charge in [-0.25, -0.2) is 4.39 Å². The van der Waals surface area contributed by atoms with Crippen molar-refractivity contribution in [1.82, 2.24) is 0 Å². The molecule has 0 atom stereocenters. The summed E-state index contributed by atoms with van der Waals surface area (Å²) in [6.45, 7) is 1.87. The number of hydrogen-bond donors (Lipinski definition) is 2. The first-order chi connectivity index (χ1) is 10.1. The van der Waals surface area contributed by atoms with Crippen LogP contribution in [0.3, 0.4) is 0 Å². The monoisotopic (exact) mass is 288 g/mol. The van der Waals surface area contributed by atoms with Gasteiger partial charge in [0.1, 0.15) is 11.6 Å². The Hall–Kier alpha value is -2.56. The molecule has 0 saturated carbocycles. The number of aryl methyl sites for hydroxylation is 1. The van der Waals surface area contributed by atoms with Crippen molar-refractivity contribution in [3.05, 3.63) is 53.8 Å². The van der Waals surface area contributed by atoms with Crippen LogP contribution in [0, 0.1) is 12.7 Å². The minimum Gasteiger partial charge on any atom is -0.495 e. The number of nitrogens with one attached hydrogen (secondary N) is 2.